The molecule has 1 aromatic carbocycles. The van der Waals surface area contributed by atoms with Gasteiger partial charge in [0.25, 0.3) is 0 Å². The molecule has 0 saturated heterocycles. The van der Waals surface area contributed by atoms with Crippen LogP contribution in [0.5, 0.6) is 5.75 Å². The van der Waals surface area contributed by atoms with Crippen LogP contribution in [0.3, 0.4) is 0 Å². The molecule has 0 amide bonds. The molecular formula is C16H23FO2. The SMILES string of the molecule is CCCCC(CC)COc1cc(F)ccc1C(C)=O. The minimum Gasteiger partial charge on any atom is -0.492 e. The number of rotatable bonds is 8. The first-order chi connectivity index (χ1) is 9.08. The topological polar surface area (TPSA) is 26.3 Å². The van der Waals surface area contributed by atoms with Gasteiger partial charge in [0, 0.05) is 6.07 Å². The average molecular weight is 266 g/mol. The maximum atomic E-state index is 13.2. The summed E-state index contributed by atoms with van der Waals surface area (Å²) in [6.07, 6.45) is 4.47. The van der Waals surface area contributed by atoms with Gasteiger partial charge in [-0.2, -0.15) is 0 Å². The summed E-state index contributed by atoms with van der Waals surface area (Å²) in [6.45, 7) is 6.30. The van der Waals surface area contributed by atoms with Gasteiger partial charge in [-0.05, 0) is 31.4 Å². The first kappa shape index (κ1) is 15.7. The number of ether oxygens (including phenoxy) is 1. The van der Waals surface area contributed by atoms with E-state index in [1.54, 1.807) is 0 Å². The largest absolute Gasteiger partial charge is 0.492 e. The molecule has 0 aromatic heterocycles. The van der Waals surface area contributed by atoms with Crippen molar-refractivity contribution in [2.24, 2.45) is 5.92 Å². The van der Waals surface area contributed by atoms with E-state index < -0.39 is 0 Å². The summed E-state index contributed by atoms with van der Waals surface area (Å²) >= 11 is 0. The first-order valence-electron chi connectivity index (χ1n) is 7.01. The number of Topliss-reactive ketones (excluding diaryl/α,β-unsaturated/α-hetero) is 1. The second kappa shape index (κ2) is 7.93. The van der Waals surface area contributed by atoms with E-state index in [9.17, 15) is 9.18 Å². The van der Waals surface area contributed by atoms with Gasteiger partial charge in [-0.15, -0.1) is 0 Å². The number of hydrogen-bond donors (Lipinski definition) is 0. The zero-order chi connectivity index (χ0) is 14.3. The molecule has 0 aliphatic carbocycles. The Morgan fingerprint density at radius 2 is 2.11 bits per heavy atom. The van der Waals surface area contributed by atoms with Crippen LogP contribution in [0, 0.1) is 11.7 Å². The average Bonchev–Trinajstić information content (AvgIpc) is 2.38. The standard InChI is InChI=1S/C16H23FO2/c1-4-6-7-13(5-2)11-19-16-10-14(17)8-9-15(16)12(3)18/h8-10,13H,4-7,11H2,1-3H3. The molecule has 0 radical (unpaired) electrons. The van der Waals surface area contributed by atoms with E-state index in [1.165, 1.54) is 31.5 Å². The Labute approximate surface area is 115 Å². The second-order valence-electron chi connectivity index (χ2n) is 4.92. The molecule has 1 atom stereocenters. The molecule has 0 N–H and O–H groups in total. The molecular weight excluding hydrogens is 243 g/mol. The lowest BCUT2D eigenvalue weighted by atomic mass is 10.0. The Morgan fingerprint density at radius 3 is 2.68 bits per heavy atom. The van der Waals surface area contributed by atoms with Gasteiger partial charge < -0.3 is 4.74 Å². The van der Waals surface area contributed by atoms with Gasteiger partial charge in [-0.25, -0.2) is 4.39 Å². The van der Waals surface area contributed by atoms with Crippen LogP contribution in [0.15, 0.2) is 18.2 Å². The van der Waals surface area contributed by atoms with Crippen molar-refractivity contribution < 1.29 is 13.9 Å². The van der Waals surface area contributed by atoms with E-state index >= 15 is 0 Å². The van der Waals surface area contributed by atoms with Crippen molar-refractivity contribution in [1.29, 1.82) is 0 Å². The number of hydrogen-bond acceptors (Lipinski definition) is 2. The second-order valence-corrected chi connectivity index (χ2v) is 4.92. The third kappa shape index (κ3) is 5.01. The minimum atomic E-state index is -0.374. The Morgan fingerprint density at radius 1 is 1.37 bits per heavy atom. The lowest BCUT2D eigenvalue weighted by Crippen LogP contribution is -2.13. The summed E-state index contributed by atoms with van der Waals surface area (Å²) in [5.41, 5.74) is 0.451. The van der Waals surface area contributed by atoms with Crippen molar-refractivity contribution in [1.82, 2.24) is 0 Å². The van der Waals surface area contributed by atoms with Gasteiger partial charge in [0.2, 0.25) is 0 Å². The van der Waals surface area contributed by atoms with Crippen LogP contribution in [0.1, 0.15) is 56.8 Å². The van der Waals surface area contributed by atoms with Crippen molar-refractivity contribution in [2.45, 2.75) is 46.5 Å². The molecule has 2 nitrogen and oxygen atoms in total. The summed E-state index contributed by atoms with van der Waals surface area (Å²) in [6, 6.07) is 4.07. The fourth-order valence-corrected chi connectivity index (χ4v) is 2.01. The monoisotopic (exact) mass is 266 g/mol. The highest BCUT2D eigenvalue weighted by Gasteiger charge is 2.12. The molecule has 19 heavy (non-hydrogen) atoms. The summed E-state index contributed by atoms with van der Waals surface area (Å²) in [5, 5.41) is 0. The molecule has 1 aromatic rings. The predicted molar refractivity (Wildman–Crippen MR) is 75.2 cm³/mol. The predicted octanol–water partition coefficient (Wildman–Crippen LogP) is 4.62. The maximum Gasteiger partial charge on any atom is 0.163 e. The zero-order valence-corrected chi connectivity index (χ0v) is 12.0. The molecule has 0 saturated carbocycles. The van der Waals surface area contributed by atoms with Crippen LogP contribution < -0.4 is 4.74 Å². The van der Waals surface area contributed by atoms with Gasteiger partial charge in [0.05, 0.1) is 12.2 Å². The van der Waals surface area contributed by atoms with Crippen LogP contribution in [0.2, 0.25) is 0 Å². The number of carbonyl (C=O) groups excluding carboxylic acids is 1. The van der Waals surface area contributed by atoms with Crippen molar-refractivity contribution >= 4 is 5.78 Å². The van der Waals surface area contributed by atoms with E-state index in [0.717, 1.165) is 19.3 Å². The highest BCUT2D eigenvalue weighted by molar-refractivity contribution is 5.96. The molecule has 0 fully saturated rings. The molecule has 106 valence electrons. The molecule has 1 rings (SSSR count). The third-order valence-corrected chi connectivity index (χ3v) is 3.34. The molecule has 3 heteroatoms. The molecule has 1 unspecified atom stereocenters. The smallest absolute Gasteiger partial charge is 0.163 e. The summed E-state index contributed by atoms with van der Waals surface area (Å²) in [5.74, 6) is 0.351. The van der Waals surface area contributed by atoms with Gasteiger partial charge in [0.15, 0.2) is 5.78 Å². The molecule has 0 aliphatic heterocycles. The lowest BCUT2D eigenvalue weighted by Gasteiger charge is -2.17. The van der Waals surface area contributed by atoms with Crippen molar-refractivity contribution in [3.05, 3.63) is 29.6 Å². The maximum absolute atomic E-state index is 13.2. The van der Waals surface area contributed by atoms with Gasteiger partial charge in [-0.1, -0.05) is 33.1 Å². The lowest BCUT2D eigenvalue weighted by molar-refractivity contribution is 0.101. The number of halogens is 1. The van der Waals surface area contributed by atoms with Gasteiger partial charge in [-0.3, -0.25) is 4.79 Å². The summed E-state index contributed by atoms with van der Waals surface area (Å²) < 4.78 is 18.9. The number of carbonyl (C=O) groups is 1. The van der Waals surface area contributed by atoms with Crippen LogP contribution in [-0.4, -0.2) is 12.4 Å². The van der Waals surface area contributed by atoms with E-state index in [4.69, 9.17) is 4.74 Å². The molecule has 0 bridgehead atoms. The van der Waals surface area contributed by atoms with Crippen LogP contribution in [-0.2, 0) is 0 Å². The third-order valence-electron chi connectivity index (χ3n) is 3.34. The number of unbranched alkanes of at least 4 members (excludes halogenated alkanes) is 1. The van der Waals surface area contributed by atoms with Crippen LogP contribution in [0.4, 0.5) is 4.39 Å². The summed E-state index contributed by atoms with van der Waals surface area (Å²) in [7, 11) is 0. The molecule has 0 heterocycles. The van der Waals surface area contributed by atoms with Crippen LogP contribution in [0.25, 0.3) is 0 Å². The Hall–Kier alpha value is -1.38. The van der Waals surface area contributed by atoms with E-state index in [0.29, 0.717) is 23.8 Å². The Balaban J connectivity index is 2.70. The normalized spacial score (nSPS) is 12.2. The minimum absolute atomic E-state index is 0.100. The highest BCUT2D eigenvalue weighted by atomic mass is 19.1. The van der Waals surface area contributed by atoms with Crippen molar-refractivity contribution in [3.8, 4) is 5.75 Å². The van der Waals surface area contributed by atoms with Crippen molar-refractivity contribution in [2.75, 3.05) is 6.61 Å². The number of ketones is 1. The van der Waals surface area contributed by atoms with E-state index in [-0.39, 0.29) is 11.6 Å². The zero-order valence-electron chi connectivity index (χ0n) is 12.0. The quantitative estimate of drug-likeness (QED) is 0.641. The van der Waals surface area contributed by atoms with Gasteiger partial charge in [0.1, 0.15) is 11.6 Å². The Kier molecular flexibility index (Phi) is 6.54. The van der Waals surface area contributed by atoms with E-state index in [2.05, 4.69) is 13.8 Å². The highest BCUT2D eigenvalue weighted by Crippen LogP contribution is 2.22. The van der Waals surface area contributed by atoms with E-state index in [1.807, 2.05) is 0 Å². The first-order valence-corrected chi connectivity index (χ1v) is 7.01. The molecule has 0 spiro atoms. The fraction of sp³-hybridized carbons (Fsp3) is 0.562. The summed E-state index contributed by atoms with van der Waals surface area (Å²) in [4.78, 5) is 11.5. The van der Waals surface area contributed by atoms with Crippen LogP contribution >= 0.6 is 0 Å². The Bertz CT molecular complexity index is 415. The van der Waals surface area contributed by atoms with Crippen molar-refractivity contribution in [3.63, 3.8) is 0 Å². The fourth-order valence-electron chi connectivity index (χ4n) is 2.01. The number of benzene rings is 1. The molecule has 0 aliphatic rings. The van der Waals surface area contributed by atoms with Gasteiger partial charge >= 0.3 is 0 Å².